The maximum absolute atomic E-state index is 13.3. The number of methoxy groups -OCH3 is 1. The van der Waals surface area contributed by atoms with Gasteiger partial charge in [0.1, 0.15) is 5.75 Å². The monoisotopic (exact) mass is 519 g/mol. The van der Waals surface area contributed by atoms with Gasteiger partial charge in [-0.25, -0.2) is 4.68 Å². The van der Waals surface area contributed by atoms with E-state index >= 15 is 0 Å². The number of carbonyl (C=O) groups excluding carboxylic acids is 1. The van der Waals surface area contributed by atoms with Gasteiger partial charge in [0.05, 0.1) is 23.9 Å². The third-order valence-corrected chi connectivity index (χ3v) is 7.21. The van der Waals surface area contributed by atoms with Crippen LogP contribution in [0.5, 0.6) is 5.75 Å². The van der Waals surface area contributed by atoms with Crippen LogP contribution in [0.3, 0.4) is 0 Å². The van der Waals surface area contributed by atoms with Crippen molar-refractivity contribution in [3.63, 3.8) is 0 Å². The van der Waals surface area contributed by atoms with Crippen LogP contribution in [0.1, 0.15) is 47.3 Å². The van der Waals surface area contributed by atoms with E-state index < -0.39 is 12.1 Å². The van der Waals surface area contributed by atoms with Crippen LogP contribution >= 0.6 is 0 Å². The maximum Gasteiger partial charge on any atom is 0.333 e. The average molecular weight is 520 g/mol. The summed E-state index contributed by atoms with van der Waals surface area (Å²) in [4.78, 5) is 20.0. The first kappa shape index (κ1) is 25.8. The lowest BCUT2D eigenvalue weighted by Crippen LogP contribution is -2.35. The SMILES string of the molecule is CN1CCC1.COc1ccc(C)c(C(=O)NC2(c3cc(-c4ccn(C(F)F)n4)cc4ncccc34)CC2)c1. The number of nitrogens with one attached hydrogen (secondary N) is 1. The van der Waals surface area contributed by atoms with Gasteiger partial charge in [0.15, 0.2) is 0 Å². The largest absolute Gasteiger partial charge is 0.497 e. The minimum absolute atomic E-state index is 0.187. The number of carbonyl (C=O) groups is 1. The number of amides is 1. The van der Waals surface area contributed by atoms with Crippen molar-refractivity contribution in [2.24, 2.45) is 0 Å². The number of benzene rings is 2. The minimum atomic E-state index is -2.71. The second-order valence-corrected chi connectivity index (χ2v) is 9.93. The van der Waals surface area contributed by atoms with Gasteiger partial charge < -0.3 is 15.0 Å². The summed E-state index contributed by atoms with van der Waals surface area (Å²) >= 11 is 0. The van der Waals surface area contributed by atoms with E-state index in [-0.39, 0.29) is 5.91 Å². The molecule has 3 heterocycles. The van der Waals surface area contributed by atoms with Gasteiger partial charge >= 0.3 is 6.55 Å². The molecule has 1 saturated carbocycles. The Balaban J connectivity index is 0.000000529. The van der Waals surface area contributed by atoms with Gasteiger partial charge in [0, 0.05) is 28.9 Å². The van der Waals surface area contributed by atoms with Crippen LogP contribution < -0.4 is 10.1 Å². The summed E-state index contributed by atoms with van der Waals surface area (Å²) < 4.78 is 32.0. The van der Waals surface area contributed by atoms with Crippen molar-refractivity contribution in [2.75, 3.05) is 27.2 Å². The molecule has 2 aromatic carbocycles. The lowest BCUT2D eigenvalue weighted by atomic mass is 9.95. The Bertz CT molecular complexity index is 1460. The zero-order chi connectivity index (χ0) is 26.9. The summed E-state index contributed by atoms with van der Waals surface area (Å²) in [5.74, 6) is 0.426. The lowest BCUT2D eigenvalue weighted by molar-refractivity contribution is 0.0568. The van der Waals surface area contributed by atoms with Crippen molar-refractivity contribution in [2.45, 2.75) is 38.3 Å². The molecule has 0 bridgehead atoms. The second kappa shape index (κ2) is 10.5. The van der Waals surface area contributed by atoms with Crippen LogP contribution in [0, 0.1) is 6.92 Å². The number of likely N-dealkylation sites (tertiary alicyclic amines) is 1. The molecule has 6 rings (SSSR count). The Labute approximate surface area is 220 Å². The Morgan fingerprint density at radius 2 is 1.89 bits per heavy atom. The Morgan fingerprint density at radius 1 is 1.13 bits per heavy atom. The number of halogens is 2. The van der Waals surface area contributed by atoms with Gasteiger partial charge in [-0.05, 0) is 93.8 Å². The molecule has 1 aliphatic heterocycles. The number of alkyl halides is 2. The zero-order valence-corrected chi connectivity index (χ0v) is 21.7. The molecular formula is C29H31F2N5O2. The highest BCUT2D eigenvalue weighted by Gasteiger charge is 2.47. The van der Waals surface area contributed by atoms with Crippen molar-refractivity contribution in [1.82, 2.24) is 25.0 Å². The van der Waals surface area contributed by atoms with E-state index in [1.54, 1.807) is 25.4 Å². The molecule has 2 aromatic heterocycles. The molecule has 0 spiro atoms. The molecule has 0 unspecified atom stereocenters. The molecule has 2 aliphatic rings. The number of pyridine rings is 1. The smallest absolute Gasteiger partial charge is 0.333 e. The van der Waals surface area contributed by atoms with Crippen molar-refractivity contribution in [1.29, 1.82) is 0 Å². The van der Waals surface area contributed by atoms with E-state index in [4.69, 9.17) is 4.74 Å². The van der Waals surface area contributed by atoms with E-state index in [1.807, 2.05) is 43.3 Å². The van der Waals surface area contributed by atoms with Gasteiger partial charge in [0.2, 0.25) is 0 Å². The average Bonchev–Trinajstić information content (AvgIpc) is 3.50. The fourth-order valence-electron chi connectivity index (χ4n) is 4.65. The molecule has 2 fully saturated rings. The van der Waals surface area contributed by atoms with Gasteiger partial charge in [0.25, 0.3) is 5.91 Å². The summed E-state index contributed by atoms with van der Waals surface area (Å²) in [6.45, 7) is 1.81. The van der Waals surface area contributed by atoms with E-state index in [2.05, 4.69) is 27.3 Å². The van der Waals surface area contributed by atoms with Crippen LogP contribution in [0.2, 0.25) is 0 Å². The van der Waals surface area contributed by atoms with Gasteiger partial charge in [-0.1, -0.05) is 12.1 Å². The topological polar surface area (TPSA) is 72.3 Å². The molecule has 0 atom stereocenters. The molecule has 1 saturated heterocycles. The first-order valence-corrected chi connectivity index (χ1v) is 12.7. The summed E-state index contributed by atoms with van der Waals surface area (Å²) in [6.07, 6.45) is 5.88. The van der Waals surface area contributed by atoms with E-state index in [0.29, 0.717) is 27.3 Å². The summed E-state index contributed by atoms with van der Waals surface area (Å²) in [5.41, 5.74) is 3.56. The second-order valence-electron chi connectivity index (χ2n) is 9.93. The number of hydrogen-bond acceptors (Lipinski definition) is 5. The maximum atomic E-state index is 13.3. The normalized spacial score (nSPS) is 15.9. The standard InChI is InChI=1S/C25H22F2N4O2.C4H9N/c1-15-5-6-17(33-2)14-19(15)23(32)29-25(8-9-25)20-12-16(13-22-18(20)4-3-10-28-22)21-7-11-31(30-21)24(26)27;1-5-3-2-4-5/h3-7,10-14,24H,8-9H2,1-2H3,(H,29,32);2-4H2,1H3. The Kier molecular flexibility index (Phi) is 7.12. The van der Waals surface area contributed by atoms with E-state index in [9.17, 15) is 13.6 Å². The first-order valence-electron chi connectivity index (χ1n) is 12.7. The van der Waals surface area contributed by atoms with Crippen LogP contribution in [-0.4, -0.2) is 52.8 Å². The number of aryl methyl sites for hydroxylation is 1. The lowest BCUT2D eigenvalue weighted by Gasteiger charge is -2.24. The summed E-state index contributed by atoms with van der Waals surface area (Å²) in [6, 6.07) is 14.5. The highest BCUT2D eigenvalue weighted by molar-refractivity contribution is 5.98. The number of hydrogen-bond donors (Lipinski definition) is 1. The molecule has 198 valence electrons. The fraction of sp³-hybridized carbons (Fsp3) is 0.345. The third kappa shape index (κ3) is 5.24. The van der Waals surface area contributed by atoms with Crippen molar-refractivity contribution < 1.29 is 18.3 Å². The fourth-order valence-corrected chi connectivity index (χ4v) is 4.65. The number of aromatic nitrogens is 3. The molecule has 0 radical (unpaired) electrons. The van der Waals surface area contributed by atoms with Gasteiger partial charge in [-0.3, -0.25) is 9.78 Å². The molecule has 1 N–H and O–H groups in total. The highest BCUT2D eigenvalue weighted by Crippen LogP contribution is 2.49. The zero-order valence-electron chi connectivity index (χ0n) is 21.7. The predicted octanol–water partition coefficient (Wildman–Crippen LogP) is 5.55. The van der Waals surface area contributed by atoms with Crippen LogP contribution in [0.15, 0.2) is 60.9 Å². The van der Waals surface area contributed by atoms with Crippen LogP contribution in [0.25, 0.3) is 22.2 Å². The van der Waals surface area contributed by atoms with E-state index in [0.717, 1.165) is 34.9 Å². The molecule has 38 heavy (non-hydrogen) atoms. The molecule has 4 aromatic rings. The molecule has 7 nitrogen and oxygen atoms in total. The van der Waals surface area contributed by atoms with Crippen LogP contribution in [-0.2, 0) is 5.54 Å². The third-order valence-electron chi connectivity index (χ3n) is 7.21. The summed E-state index contributed by atoms with van der Waals surface area (Å²) in [5, 5.41) is 8.14. The number of rotatable bonds is 6. The molecule has 9 heteroatoms. The Hall–Kier alpha value is -3.85. The first-order chi connectivity index (χ1) is 18.3. The molecular weight excluding hydrogens is 488 g/mol. The molecule has 1 amide bonds. The Morgan fingerprint density at radius 3 is 2.50 bits per heavy atom. The minimum Gasteiger partial charge on any atom is -0.497 e. The molecule has 1 aliphatic carbocycles. The predicted molar refractivity (Wildman–Crippen MR) is 142 cm³/mol. The van der Waals surface area contributed by atoms with Gasteiger partial charge in [-0.15, -0.1) is 0 Å². The van der Waals surface area contributed by atoms with Crippen molar-refractivity contribution in [3.05, 3.63) is 77.6 Å². The van der Waals surface area contributed by atoms with Crippen molar-refractivity contribution >= 4 is 16.8 Å². The quantitative estimate of drug-likeness (QED) is 0.362. The number of nitrogens with zero attached hydrogens (tertiary/aromatic N) is 4. The van der Waals surface area contributed by atoms with E-state index in [1.165, 1.54) is 25.7 Å². The summed E-state index contributed by atoms with van der Waals surface area (Å²) in [7, 11) is 3.71. The highest BCUT2D eigenvalue weighted by atomic mass is 19.3. The number of fused-ring (bicyclic) bond motifs is 1. The number of ether oxygens (including phenoxy) is 1. The van der Waals surface area contributed by atoms with Crippen molar-refractivity contribution in [3.8, 4) is 17.0 Å². The van der Waals surface area contributed by atoms with Crippen LogP contribution in [0.4, 0.5) is 8.78 Å². The van der Waals surface area contributed by atoms with Gasteiger partial charge in [-0.2, -0.15) is 13.9 Å².